The third kappa shape index (κ3) is 2.72. The molecule has 2 aromatic heterocycles. The fourth-order valence-corrected chi connectivity index (χ4v) is 2.69. The van der Waals surface area contributed by atoms with Crippen LogP contribution in [0.15, 0.2) is 24.5 Å². The molecule has 7 nitrogen and oxygen atoms in total. The Kier molecular flexibility index (Phi) is 3.91. The maximum absolute atomic E-state index is 12.4. The van der Waals surface area contributed by atoms with Crippen LogP contribution in [0.1, 0.15) is 29.4 Å². The Morgan fingerprint density at radius 2 is 2.23 bits per heavy atom. The number of aryl methyl sites for hydroxylation is 2. The van der Waals surface area contributed by atoms with E-state index in [-0.39, 0.29) is 18.0 Å². The van der Waals surface area contributed by atoms with Crippen LogP contribution in [0.3, 0.4) is 0 Å². The van der Waals surface area contributed by atoms with Crippen molar-refractivity contribution in [1.82, 2.24) is 25.6 Å². The quantitative estimate of drug-likeness (QED) is 0.787. The number of anilines is 1. The first kappa shape index (κ1) is 14.7. The van der Waals surface area contributed by atoms with Crippen LogP contribution in [-0.4, -0.2) is 26.7 Å². The van der Waals surface area contributed by atoms with Gasteiger partial charge in [0, 0.05) is 25.5 Å². The average molecular weight is 300 g/mol. The highest BCUT2D eigenvalue weighted by Gasteiger charge is 2.31. The number of nitrogens with one attached hydrogen (secondary N) is 3. The third-order valence-electron chi connectivity index (χ3n) is 4.06. The minimum atomic E-state index is -0.288. The molecular weight excluding hydrogens is 280 g/mol. The first-order chi connectivity index (χ1) is 10.6. The zero-order valence-electron chi connectivity index (χ0n) is 12.9. The monoisotopic (exact) mass is 300 g/mol. The van der Waals surface area contributed by atoms with Crippen LogP contribution in [-0.2, 0) is 11.8 Å². The average Bonchev–Trinajstić information content (AvgIpc) is 3.10. The largest absolute Gasteiger partial charge is 0.322 e. The highest BCUT2D eigenvalue weighted by atomic mass is 16.2. The maximum Gasteiger partial charge on any atom is 0.243 e. The minimum Gasteiger partial charge on any atom is -0.322 e. The first-order valence-electron chi connectivity index (χ1n) is 7.28. The Bertz CT molecular complexity index is 681. The molecule has 7 heteroatoms. The molecule has 1 aliphatic heterocycles. The smallest absolute Gasteiger partial charge is 0.243 e. The molecule has 0 aliphatic carbocycles. The van der Waals surface area contributed by atoms with E-state index >= 15 is 0 Å². The summed E-state index contributed by atoms with van der Waals surface area (Å²) in [7, 11) is 1.87. The van der Waals surface area contributed by atoms with Crippen molar-refractivity contribution >= 4 is 11.6 Å². The van der Waals surface area contributed by atoms with Crippen molar-refractivity contribution in [3.05, 3.63) is 41.5 Å². The van der Waals surface area contributed by atoms with Gasteiger partial charge in [-0.25, -0.2) is 10.9 Å². The van der Waals surface area contributed by atoms with Gasteiger partial charge < -0.3 is 5.32 Å². The number of rotatable bonds is 3. The zero-order chi connectivity index (χ0) is 15.7. The van der Waals surface area contributed by atoms with Crippen molar-refractivity contribution in [1.29, 1.82) is 0 Å². The molecule has 3 N–H and O–H groups in total. The van der Waals surface area contributed by atoms with E-state index in [1.165, 1.54) is 0 Å². The highest BCUT2D eigenvalue weighted by Crippen LogP contribution is 2.23. The first-order valence-corrected chi connectivity index (χ1v) is 7.28. The van der Waals surface area contributed by atoms with E-state index in [9.17, 15) is 4.79 Å². The number of hydrogen-bond donors (Lipinski definition) is 3. The van der Waals surface area contributed by atoms with Gasteiger partial charge in [0.25, 0.3) is 0 Å². The van der Waals surface area contributed by atoms with Crippen molar-refractivity contribution in [2.75, 3.05) is 5.32 Å². The number of hydrogen-bond acceptors (Lipinski definition) is 5. The van der Waals surface area contributed by atoms with Crippen LogP contribution < -0.4 is 16.2 Å². The second kappa shape index (κ2) is 5.86. The number of aromatic nitrogens is 3. The van der Waals surface area contributed by atoms with Gasteiger partial charge >= 0.3 is 0 Å². The van der Waals surface area contributed by atoms with Gasteiger partial charge in [-0.2, -0.15) is 5.10 Å². The molecule has 1 fully saturated rings. The predicted molar refractivity (Wildman–Crippen MR) is 83.0 cm³/mol. The van der Waals surface area contributed by atoms with E-state index in [1.54, 1.807) is 10.9 Å². The Labute approximate surface area is 129 Å². The van der Waals surface area contributed by atoms with E-state index < -0.39 is 0 Å². The van der Waals surface area contributed by atoms with Crippen molar-refractivity contribution in [2.24, 2.45) is 7.05 Å². The molecule has 1 amide bonds. The lowest BCUT2D eigenvalue weighted by molar-refractivity contribution is -0.117. The lowest BCUT2D eigenvalue weighted by Gasteiger charge is -2.11. The summed E-state index contributed by atoms with van der Waals surface area (Å²) in [6.45, 7) is 3.83. The van der Waals surface area contributed by atoms with E-state index in [0.29, 0.717) is 6.42 Å². The van der Waals surface area contributed by atoms with E-state index in [1.807, 2.05) is 39.2 Å². The van der Waals surface area contributed by atoms with Gasteiger partial charge in [0.1, 0.15) is 6.04 Å². The number of carbonyl (C=O) groups is 1. The molecular formula is C15H20N6O. The lowest BCUT2D eigenvalue weighted by Crippen LogP contribution is -2.39. The Hall–Kier alpha value is -2.25. The van der Waals surface area contributed by atoms with Gasteiger partial charge in [0.15, 0.2) is 0 Å². The third-order valence-corrected chi connectivity index (χ3v) is 4.06. The standard InChI is InChI=1S/C15H20N6O/c1-9-14(10(2)21(3)20-9)17-15(22)13-7-12(18-19-13)11-5-4-6-16-8-11/h4-6,8,12-13,18-19H,7H2,1-3H3,(H,17,22). The van der Waals surface area contributed by atoms with E-state index in [2.05, 4.69) is 26.3 Å². The van der Waals surface area contributed by atoms with Gasteiger partial charge in [0.05, 0.1) is 17.1 Å². The molecule has 0 saturated carbocycles. The Morgan fingerprint density at radius 1 is 1.41 bits per heavy atom. The van der Waals surface area contributed by atoms with Crippen LogP contribution in [0.25, 0.3) is 0 Å². The highest BCUT2D eigenvalue weighted by molar-refractivity contribution is 5.96. The molecule has 1 saturated heterocycles. The fraction of sp³-hybridized carbons (Fsp3) is 0.400. The normalized spacial score (nSPS) is 21.0. The summed E-state index contributed by atoms with van der Waals surface area (Å²) in [6.07, 6.45) is 4.23. The molecule has 2 unspecified atom stereocenters. The van der Waals surface area contributed by atoms with Crippen molar-refractivity contribution in [3.63, 3.8) is 0 Å². The van der Waals surface area contributed by atoms with Crippen molar-refractivity contribution in [2.45, 2.75) is 32.4 Å². The van der Waals surface area contributed by atoms with Crippen LogP contribution >= 0.6 is 0 Å². The second-order valence-corrected chi connectivity index (χ2v) is 5.57. The van der Waals surface area contributed by atoms with E-state index in [4.69, 9.17) is 0 Å². The molecule has 0 spiro atoms. The molecule has 3 heterocycles. The molecule has 116 valence electrons. The number of hydrazine groups is 1. The molecule has 3 rings (SSSR count). The predicted octanol–water partition coefficient (Wildman–Crippen LogP) is 0.978. The molecule has 1 aliphatic rings. The zero-order valence-corrected chi connectivity index (χ0v) is 12.9. The molecule has 2 atom stereocenters. The molecule has 0 bridgehead atoms. The summed E-state index contributed by atoms with van der Waals surface area (Å²) in [6, 6.07) is 3.69. The lowest BCUT2D eigenvalue weighted by atomic mass is 10.0. The van der Waals surface area contributed by atoms with Gasteiger partial charge in [-0.05, 0) is 31.9 Å². The van der Waals surface area contributed by atoms with Crippen LogP contribution in [0, 0.1) is 13.8 Å². The molecule has 0 aromatic carbocycles. The number of amides is 1. The summed E-state index contributed by atoms with van der Waals surface area (Å²) in [4.78, 5) is 16.6. The topological polar surface area (TPSA) is 83.9 Å². The van der Waals surface area contributed by atoms with Crippen LogP contribution in [0.4, 0.5) is 5.69 Å². The summed E-state index contributed by atoms with van der Waals surface area (Å²) < 4.78 is 1.77. The summed E-state index contributed by atoms with van der Waals surface area (Å²) in [5.41, 5.74) is 9.83. The van der Waals surface area contributed by atoms with Gasteiger partial charge in [0.2, 0.25) is 5.91 Å². The summed E-state index contributed by atoms with van der Waals surface area (Å²) >= 11 is 0. The van der Waals surface area contributed by atoms with E-state index in [0.717, 1.165) is 22.6 Å². The summed E-state index contributed by atoms with van der Waals surface area (Å²) in [5, 5.41) is 7.28. The molecule has 22 heavy (non-hydrogen) atoms. The number of nitrogens with zero attached hydrogens (tertiary/aromatic N) is 3. The van der Waals surface area contributed by atoms with Crippen molar-refractivity contribution in [3.8, 4) is 0 Å². The fourth-order valence-electron chi connectivity index (χ4n) is 2.69. The SMILES string of the molecule is Cc1nn(C)c(C)c1NC(=O)C1CC(c2cccnc2)NN1. The molecule has 0 radical (unpaired) electrons. The summed E-state index contributed by atoms with van der Waals surface area (Å²) in [5.74, 6) is -0.0573. The maximum atomic E-state index is 12.4. The second-order valence-electron chi connectivity index (χ2n) is 5.57. The van der Waals surface area contributed by atoms with Gasteiger partial charge in [-0.3, -0.25) is 14.5 Å². The van der Waals surface area contributed by atoms with Crippen LogP contribution in [0.5, 0.6) is 0 Å². The minimum absolute atomic E-state index is 0.0573. The molecule has 2 aromatic rings. The number of carbonyl (C=O) groups excluding carboxylic acids is 1. The van der Waals surface area contributed by atoms with Crippen LogP contribution in [0.2, 0.25) is 0 Å². The van der Waals surface area contributed by atoms with Gasteiger partial charge in [-0.15, -0.1) is 0 Å². The van der Waals surface area contributed by atoms with Gasteiger partial charge in [-0.1, -0.05) is 6.07 Å². The Balaban J connectivity index is 1.67. The Morgan fingerprint density at radius 3 is 2.86 bits per heavy atom. The van der Waals surface area contributed by atoms with Crippen molar-refractivity contribution < 1.29 is 4.79 Å². The number of pyridine rings is 1.